The highest BCUT2D eigenvalue weighted by atomic mass is 127. The Labute approximate surface area is 199 Å². The predicted octanol–water partition coefficient (Wildman–Crippen LogP) is 0.710. The van der Waals surface area contributed by atoms with Crippen molar-refractivity contribution in [3.63, 3.8) is 0 Å². The molecule has 3 heterocycles. The molecule has 1 aromatic heterocycles. The molecule has 33 heavy (non-hydrogen) atoms. The van der Waals surface area contributed by atoms with Gasteiger partial charge in [-0.15, -0.1) is 0 Å². The average Bonchev–Trinajstić information content (AvgIpc) is 3.51. The van der Waals surface area contributed by atoms with Crippen LogP contribution in [-0.2, 0) is 9.53 Å². The highest BCUT2D eigenvalue weighted by molar-refractivity contribution is 14.1. The van der Waals surface area contributed by atoms with Gasteiger partial charge in [0.1, 0.15) is 23.8 Å². The number of hydrogen-bond acceptors (Lipinski definition) is 8. The molecular weight excluding hydrogens is 554 g/mol. The number of benzene rings is 1. The second kappa shape index (κ2) is 7.72. The lowest BCUT2D eigenvalue weighted by Crippen LogP contribution is -2.40. The Morgan fingerprint density at radius 1 is 1.36 bits per heavy atom. The maximum Gasteiger partial charge on any atom is 0.351 e. The normalized spacial score (nSPS) is 29.2. The number of ether oxygens (including phenoxy) is 2. The first-order chi connectivity index (χ1) is 15.6. The second-order valence-corrected chi connectivity index (χ2v) is 9.70. The molecule has 4 atom stereocenters. The van der Waals surface area contributed by atoms with Crippen molar-refractivity contribution in [2.24, 2.45) is 0 Å². The number of carbonyl (C=O) groups is 2. The third-order valence-electron chi connectivity index (χ3n) is 5.80. The number of aliphatic hydroxyl groups is 2. The van der Waals surface area contributed by atoms with Gasteiger partial charge in [-0.1, -0.05) is 0 Å². The van der Waals surface area contributed by atoms with Gasteiger partial charge in [-0.05, 0) is 46.9 Å². The van der Waals surface area contributed by atoms with Crippen molar-refractivity contribution >= 4 is 45.9 Å². The summed E-state index contributed by atoms with van der Waals surface area (Å²) in [5.41, 5.74) is -1.10. The first kappa shape index (κ1) is 22.2. The molecule has 1 aromatic carbocycles. The van der Waals surface area contributed by atoms with Crippen LogP contribution in [0.15, 0.2) is 35.3 Å². The predicted molar refractivity (Wildman–Crippen MR) is 119 cm³/mol. The Hall–Kier alpha value is -2.62. The highest BCUT2D eigenvalue weighted by Crippen LogP contribution is 2.47. The molecule has 1 saturated heterocycles. The van der Waals surface area contributed by atoms with E-state index in [0.29, 0.717) is 24.3 Å². The van der Waals surface area contributed by atoms with Crippen molar-refractivity contribution in [3.8, 4) is 5.75 Å². The van der Waals surface area contributed by atoms with E-state index in [4.69, 9.17) is 9.47 Å². The largest absolute Gasteiger partial charge is 0.475 e. The van der Waals surface area contributed by atoms with Crippen molar-refractivity contribution in [2.45, 2.75) is 40.6 Å². The lowest BCUT2D eigenvalue weighted by atomic mass is 10.1. The van der Waals surface area contributed by atoms with Crippen LogP contribution in [-0.4, -0.2) is 59.7 Å². The van der Waals surface area contributed by atoms with Crippen molar-refractivity contribution in [1.29, 1.82) is 0 Å². The molecule has 0 radical (unpaired) electrons. The zero-order chi connectivity index (χ0) is 23.5. The molecule has 0 bridgehead atoms. The van der Waals surface area contributed by atoms with Gasteiger partial charge in [0.25, 0.3) is 11.8 Å². The number of amides is 2. The molecule has 174 valence electrons. The number of rotatable bonds is 4. The van der Waals surface area contributed by atoms with Crippen molar-refractivity contribution in [1.82, 2.24) is 9.55 Å². The number of carbonyl (C=O) groups excluding carboxylic acids is 2. The van der Waals surface area contributed by atoms with Crippen LogP contribution in [0.5, 0.6) is 5.75 Å². The molecule has 2 amide bonds. The summed E-state index contributed by atoms with van der Waals surface area (Å²) in [6.07, 6.45) is -1.98. The van der Waals surface area contributed by atoms with Gasteiger partial charge < -0.3 is 30.3 Å². The summed E-state index contributed by atoms with van der Waals surface area (Å²) in [5.74, 6) is -0.485. The van der Waals surface area contributed by atoms with E-state index < -0.39 is 45.9 Å². The first-order valence-corrected chi connectivity index (χ1v) is 11.1. The fourth-order valence-electron chi connectivity index (χ4n) is 3.75. The number of halogens is 2. The number of nitrogens with zero attached hydrogens (tertiary/aromatic N) is 2. The van der Waals surface area contributed by atoms with Gasteiger partial charge in [0.05, 0.1) is 12.3 Å². The van der Waals surface area contributed by atoms with Gasteiger partial charge in [-0.25, -0.2) is 9.18 Å². The van der Waals surface area contributed by atoms with E-state index in [0.717, 1.165) is 4.57 Å². The second-order valence-electron chi connectivity index (χ2n) is 8.05. The maximum absolute atomic E-state index is 14.9. The number of hydrogen-bond donors (Lipinski definition) is 4. The molecule has 3 aliphatic rings. The summed E-state index contributed by atoms with van der Waals surface area (Å²) >= 11 is 1.33. The Bertz CT molecular complexity index is 1220. The van der Waals surface area contributed by atoms with E-state index >= 15 is 0 Å². The lowest BCUT2D eigenvalue weighted by Gasteiger charge is -2.26. The third kappa shape index (κ3) is 3.68. The number of nitrogens with one attached hydrogen (secondary N) is 2. The quantitative estimate of drug-likeness (QED) is 0.309. The van der Waals surface area contributed by atoms with Crippen LogP contribution in [0.1, 0.15) is 29.4 Å². The molecule has 1 spiro atoms. The summed E-state index contributed by atoms with van der Waals surface area (Å²) in [5, 5.41) is 24.5. The Balaban J connectivity index is 1.34. The molecule has 2 aromatic rings. The summed E-state index contributed by atoms with van der Waals surface area (Å²) < 4.78 is 24.5. The zero-order valence-corrected chi connectivity index (χ0v) is 19.0. The lowest BCUT2D eigenvalue weighted by molar-refractivity contribution is -0.125. The Morgan fingerprint density at radius 3 is 2.76 bits per heavy atom. The van der Waals surface area contributed by atoms with Gasteiger partial charge in [-0.2, -0.15) is 4.98 Å². The van der Waals surface area contributed by atoms with Crippen molar-refractivity contribution < 1.29 is 33.7 Å². The molecule has 1 saturated carbocycles. The number of aliphatic hydroxyl groups excluding tert-OH is 2. The molecule has 5 rings (SSSR count). The minimum absolute atomic E-state index is 0.0815. The smallest absolute Gasteiger partial charge is 0.351 e. The van der Waals surface area contributed by atoms with E-state index in [-0.39, 0.29) is 17.3 Å². The van der Waals surface area contributed by atoms with Gasteiger partial charge in [0, 0.05) is 24.6 Å². The number of alkyl halides is 2. The summed E-state index contributed by atoms with van der Waals surface area (Å²) in [7, 11) is 0. The van der Waals surface area contributed by atoms with Crippen LogP contribution in [0, 0.1) is 0 Å². The summed E-state index contributed by atoms with van der Waals surface area (Å²) in [4.78, 5) is 40.9. The maximum atomic E-state index is 14.9. The minimum atomic E-state index is -2.38. The van der Waals surface area contributed by atoms with Crippen LogP contribution >= 0.6 is 22.6 Å². The van der Waals surface area contributed by atoms with Crippen LogP contribution in [0.4, 0.5) is 15.9 Å². The molecular formula is C20H18FIN4O7. The van der Waals surface area contributed by atoms with Gasteiger partial charge >= 0.3 is 5.69 Å². The van der Waals surface area contributed by atoms with Gasteiger partial charge in [-0.3, -0.25) is 14.2 Å². The van der Waals surface area contributed by atoms with Crippen LogP contribution in [0.3, 0.4) is 0 Å². The molecule has 4 N–H and O–H groups in total. The molecule has 13 heteroatoms. The van der Waals surface area contributed by atoms with Crippen molar-refractivity contribution in [2.75, 3.05) is 17.2 Å². The molecule has 2 unspecified atom stereocenters. The van der Waals surface area contributed by atoms with Gasteiger partial charge in [0.15, 0.2) is 11.8 Å². The fraction of sp³-hybridized carbons (Fsp3) is 0.400. The summed E-state index contributed by atoms with van der Waals surface area (Å²) in [6.45, 7) is -0.627. The highest BCUT2D eigenvalue weighted by Gasteiger charge is 2.57. The molecule has 1 aliphatic carbocycles. The van der Waals surface area contributed by atoms with Crippen LogP contribution in [0.2, 0.25) is 0 Å². The van der Waals surface area contributed by atoms with E-state index in [1.54, 1.807) is 6.07 Å². The van der Waals surface area contributed by atoms with Crippen LogP contribution in [0.25, 0.3) is 0 Å². The van der Waals surface area contributed by atoms with E-state index in [1.165, 1.54) is 47.0 Å². The topological polar surface area (TPSA) is 152 Å². The molecule has 2 aliphatic heterocycles. The van der Waals surface area contributed by atoms with Crippen LogP contribution < -0.4 is 21.1 Å². The minimum Gasteiger partial charge on any atom is -0.475 e. The first-order valence-electron chi connectivity index (χ1n) is 10.0. The monoisotopic (exact) mass is 572 g/mol. The van der Waals surface area contributed by atoms with Gasteiger partial charge in [0.2, 0.25) is 3.68 Å². The number of fused-ring (bicyclic) bond motifs is 1. The van der Waals surface area contributed by atoms with E-state index in [9.17, 15) is 29.0 Å². The molecule has 11 nitrogen and oxygen atoms in total. The molecule has 2 fully saturated rings. The standard InChI is InChI=1S/C20H18FIN4O7/c21-20(22)14(28)12(8-27)32-17(20)26-6-3-13(25-18(26)31)24-15(29)9-1-2-10-11(7-9)33-19(4-5-19)16(30)23-10/h1-3,6-7,12,14,17,27-28H,4-5,8H2,(H,23,30)(H,24,25,29,31)/t12-,14-,17?,20?/m1/s1. The Kier molecular flexibility index (Phi) is 5.19. The number of anilines is 2. The number of aromatic nitrogens is 2. The van der Waals surface area contributed by atoms with E-state index in [1.807, 2.05) is 0 Å². The van der Waals surface area contributed by atoms with Crippen molar-refractivity contribution in [3.05, 3.63) is 46.5 Å². The fourth-order valence-corrected chi connectivity index (χ4v) is 4.60. The third-order valence-corrected chi connectivity index (χ3v) is 6.97. The van der Waals surface area contributed by atoms with E-state index in [2.05, 4.69) is 15.6 Å². The Morgan fingerprint density at radius 2 is 2.12 bits per heavy atom. The zero-order valence-electron chi connectivity index (χ0n) is 16.8. The summed E-state index contributed by atoms with van der Waals surface area (Å²) in [6, 6.07) is 5.80. The average molecular weight is 572 g/mol. The SMILES string of the molecule is O=C(Nc1ccn(C2O[C@H](CO)[C@@H](O)C2(F)I)c(=O)n1)c1ccc2c(c1)OC1(CC1)C(=O)N2.